The molecule has 0 aliphatic heterocycles. The summed E-state index contributed by atoms with van der Waals surface area (Å²) in [4.78, 5) is 11.5. The highest BCUT2D eigenvalue weighted by atomic mass is 16.5. The molecule has 0 heterocycles. The molecule has 0 amide bonds. The van der Waals surface area contributed by atoms with Crippen LogP contribution in [-0.2, 0) is 9.53 Å². The topological polar surface area (TPSA) is 46.5 Å². The summed E-state index contributed by atoms with van der Waals surface area (Å²) in [5.41, 5.74) is 0.374. The molecule has 114 valence electrons. The third-order valence-electron chi connectivity index (χ3n) is 6.72. The van der Waals surface area contributed by atoms with Gasteiger partial charge in [0, 0.05) is 12.3 Å². The number of carbonyl (C=O) groups is 1. The lowest BCUT2D eigenvalue weighted by Crippen LogP contribution is -2.54. The first-order chi connectivity index (χ1) is 9.20. The van der Waals surface area contributed by atoms with E-state index < -0.39 is 0 Å². The highest BCUT2D eigenvalue weighted by Crippen LogP contribution is 2.69. The molecule has 0 aromatic heterocycles. The molecule has 3 nitrogen and oxygen atoms in total. The first-order valence-corrected chi connectivity index (χ1v) is 8.05. The lowest BCUT2D eigenvalue weighted by molar-refractivity contribution is -0.172. The van der Waals surface area contributed by atoms with E-state index >= 15 is 0 Å². The molecule has 3 aliphatic carbocycles. The average Bonchev–Trinajstić information content (AvgIpc) is 2.51. The van der Waals surface area contributed by atoms with Gasteiger partial charge in [0.15, 0.2) is 0 Å². The van der Waals surface area contributed by atoms with Gasteiger partial charge >= 0.3 is 5.97 Å². The molecule has 5 atom stereocenters. The maximum Gasteiger partial charge on any atom is 0.302 e. The highest BCUT2D eigenvalue weighted by Gasteiger charge is 2.65. The van der Waals surface area contributed by atoms with Crippen LogP contribution in [0.3, 0.4) is 0 Å². The molecule has 0 unspecified atom stereocenters. The largest absolute Gasteiger partial charge is 0.462 e. The molecule has 1 N–H and O–H groups in total. The molecule has 3 saturated carbocycles. The predicted octanol–water partition coefficient (Wildman–Crippen LogP) is 3.30. The van der Waals surface area contributed by atoms with Crippen molar-refractivity contribution in [1.29, 1.82) is 0 Å². The van der Waals surface area contributed by atoms with Crippen LogP contribution in [0.15, 0.2) is 0 Å². The third-order valence-corrected chi connectivity index (χ3v) is 6.72. The van der Waals surface area contributed by atoms with Gasteiger partial charge in [-0.15, -0.1) is 0 Å². The zero-order valence-electron chi connectivity index (χ0n) is 13.2. The first-order valence-electron chi connectivity index (χ1n) is 8.05. The number of fused-ring (bicyclic) bond motifs is 1. The van der Waals surface area contributed by atoms with E-state index in [-0.39, 0.29) is 34.4 Å². The van der Waals surface area contributed by atoms with Crippen LogP contribution in [0.25, 0.3) is 0 Å². The van der Waals surface area contributed by atoms with Crippen molar-refractivity contribution in [2.75, 3.05) is 0 Å². The summed E-state index contributed by atoms with van der Waals surface area (Å²) >= 11 is 0. The van der Waals surface area contributed by atoms with Crippen LogP contribution in [-0.4, -0.2) is 23.3 Å². The number of hydrogen-bond acceptors (Lipinski definition) is 3. The van der Waals surface area contributed by atoms with Gasteiger partial charge in [-0.25, -0.2) is 0 Å². The first kappa shape index (κ1) is 14.4. The molecule has 3 fully saturated rings. The van der Waals surface area contributed by atoms with Crippen LogP contribution in [0.1, 0.15) is 66.2 Å². The molecule has 0 aromatic carbocycles. The molecule has 3 heteroatoms. The van der Waals surface area contributed by atoms with Crippen LogP contribution in [0.5, 0.6) is 0 Å². The molecular weight excluding hydrogens is 252 g/mol. The zero-order valence-corrected chi connectivity index (χ0v) is 13.2. The van der Waals surface area contributed by atoms with Crippen molar-refractivity contribution in [3.05, 3.63) is 0 Å². The minimum atomic E-state index is -0.184. The van der Waals surface area contributed by atoms with Gasteiger partial charge in [0.05, 0.1) is 6.10 Å². The Morgan fingerprint density at radius 1 is 1.20 bits per heavy atom. The van der Waals surface area contributed by atoms with Crippen molar-refractivity contribution in [3.8, 4) is 0 Å². The zero-order chi connectivity index (χ0) is 14.8. The number of carbonyl (C=O) groups excluding carboxylic acids is 1. The fourth-order valence-electron chi connectivity index (χ4n) is 5.88. The van der Waals surface area contributed by atoms with E-state index in [1.54, 1.807) is 0 Å². The van der Waals surface area contributed by atoms with Crippen molar-refractivity contribution >= 4 is 5.97 Å². The van der Waals surface area contributed by atoms with Crippen LogP contribution >= 0.6 is 0 Å². The van der Waals surface area contributed by atoms with E-state index in [1.165, 1.54) is 13.3 Å². The van der Waals surface area contributed by atoms with Crippen molar-refractivity contribution in [2.24, 2.45) is 22.2 Å². The van der Waals surface area contributed by atoms with Gasteiger partial charge < -0.3 is 9.84 Å². The molecule has 20 heavy (non-hydrogen) atoms. The summed E-state index contributed by atoms with van der Waals surface area (Å²) in [7, 11) is 0. The second kappa shape index (κ2) is 4.22. The van der Waals surface area contributed by atoms with Crippen molar-refractivity contribution in [1.82, 2.24) is 0 Å². The van der Waals surface area contributed by atoms with E-state index in [2.05, 4.69) is 20.8 Å². The maximum atomic E-state index is 11.5. The molecule has 2 bridgehead atoms. The summed E-state index contributed by atoms with van der Waals surface area (Å²) in [6.07, 6.45) is 6.01. The Balaban J connectivity index is 1.98. The average molecular weight is 280 g/mol. The summed E-state index contributed by atoms with van der Waals surface area (Å²) in [5.74, 6) is 0.471. The quantitative estimate of drug-likeness (QED) is 0.750. The number of aliphatic hydroxyl groups excluding tert-OH is 1. The summed E-state index contributed by atoms with van der Waals surface area (Å²) in [6, 6.07) is 0. The Kier molecular flexibility index (Phi) is 3.03. The lowest BCUT2D eigenvalue weighted by Gasteiger charge is -2.57. The van der Waals surface area contributed by atoms with Gasteiger partial charge in [0.25, 0.3) is 0 Å². The Morgan fingerprint density at radius 2 is 1.90 bits per heavy atom. The summed E-state index contributed by atoms with van der Waals surface area (Å²) < 4.78 is 5.75. The molecule has 3 rings (SSSR count). The van der Waals surface area contributed by atoms with Gasteiger partial charge in [-0.05, 0) is 55.3 Å². The lowest BCUT2D eigenvalue weighted by atomic mass is 9.49. The van der Waals surface area contributed by atoms with E-state index in [4.69, 9.17) is 4.74 Å². The number of hydrogen-bond donors (Lipinski definition) is 1. The fraction of sp³-hybridized carbons (Fsp3) is 0.941. The third kappa shape index (κ3) is 1.85. The number of aliphatic hydroxyl groups is 1. The van der Waals surface area contributed by atoms with Gasteiger partial charge in [-0.3, -0.25) is 4.79 Å². The second-order valence-electron chi connectivity index (χ2n) is 8.50. The molecule has 0 radical (unpaired) electrons. The molecule has 3 aliphatic rings. The molecule has 0 aromatic rings. The molecule has 1 spiro atoms. The predicted molar refractivity (Wildman–Crippen MR) is 77.1 cm³/mol. The van der Waals surface area contributed by atoms with Gasteiger partial charge in [-0.1, -0.05) is 20.8 Å². The minimum Gasteiger partial charge on any atom is -0.462 e. The Labute approximate surface area is 122 Å². The van der Waals surface area contributed by atoms with Crippen LogP contribution < -0.4 is 0 Å². The second-order valence-corrected chi connectivity index (χ2v) is 8.50. The van der Waals surface area contributed by atoms with Crippen molar-refractivity contribution in [2.45, 2.75) is 78.4 Å². The minimum absolute atomic E-state index is 0.0214. The Bertz CT molecular complexity index is 430. The molecular formula is C17H28O3. The van der Waals surface area contributed by atoms with E-state index in [1.807, 2.05) is 0 Å². The summed E-state index contributed by atoms with van der Waals surface area (Å²) in [6.45, 7) is 8.41. The SMILES string of the molecule is CC(=O)O[C@H]1CC(C)(C)[C@@H]2CC[C@]3(C)C[C@]12CC[C@H]3O. The molecule has 0 saturated heterocycles. The normalized spacial score (nSPS) is 49.5. The fourth-order valence-corrected chi connectivity index (χ4v) is 5.88. The number of rotatable bonds is 1. The number of ether oxygens (including phenoxy) is 1. The van der Waals surface area contributed by atoms with Crippen molar-refractivity contribution < 1.29 is 14.6 Å². The standard InChI is InChI=1S/C17H28O3/c1-11(18)20-14-9-15(2,3)12-5-7-16(4)10-17(12,14)8-6-13(16)19/h12-14,19H,5-10H2,1-4H3/t12-,13+,14-,16+,17-/m0/s1. The Morgan fingerprint density at radius 3 is 2.55 bits per heavy atom. The monoisotopic (exact) mass is 280 g/mol. The van der Waals surface area contributed by atoms with Crippen molar-refractivity contribution in [3.63, 3.8) is 0 Å². The van der Waals surface area contributed by atoms with Gasteiger partial charge in [0.1, 0.15) is 6.10 Å². The van der Waals surface area contributed by atoms with E-state index in [0.29, 0.717) is 5.92 Å². The maximum absolute atomic E-state index is 11.5. The number of esters is 1. The Hall–Kier alpha value is -0.570. The van der Waals surface area contributed by atoms with Gasteiger partial charge in [-0.2, -0.15) is 0 Å². The van der Waals surface area contributed by atoms with E-state index in [9.17, 15) is 9.90 Å². The van der Waals surface area contributed by atoms with Crippen LogP contribution in [0.4, 0.5) is 0 Å². The van der Waals surface area contributed by atoms with Crippen LogP contribution in [0.2, 0.25) is 0 Å². The van der Waals surface area contributed by atoms with E-state index in [0.717, 1.165) is 32.1 Å². The summed E-state index contributed by atoms with van der Waals surface area (Å²) in [5, 5.41) is 10.4. The van der Waals surface area contributed by atoms with Gasteiger partial charge in [0.2, 0.25) is 0 Å². The van der Waals surface area contributed by atoms with Crippen LogP contribution in [0, 0.1) is 22.2 Å². The smallest absolute Gasteiger partial charge is 0.302 e. The highest BCUT2D eigenvalue weighted by molar-refractivity contribution is 5.66.